The number of alkyl halides is 2. The van der Waals surface area contributed by atoms with Crippen molar-refractivity contribution in [1.29, 1.82) is 0 Å². The minimum absolute atomic E-state index is 0.0510. The van der Waals surface area contributed by atoms with Crippen LogP contribution in [0.25, 0.3) is 0 Å². The molecule has 0 aliphatic heterocycles. The first kappa shape index (κ1) is 14.3. The summed E-state index contributed by atoms with van der Waals surface area (Å²) in [6.45, 7) is 1.44. The highest BCUT2D eigenvalue weighted by Gasteiger charge is 2.05. The monoisotopic (exact) mass is 261 g/mol. The van der Waals surface area contributed by atoms with E-state index >= 15 is 0 Å². The van der Waals surface area contributed by atoms with Gasteiger partial charge in [-0.25, -0.2) is 8.78 Å². The molecule has 1 rings (SSSR count). The fraction of sp³-hybridized carbons (Fsp3) is 0.500. The van der Waals surface area contributed by atoms with E-state index in [0.717, 1.165) is 18.5 Å². The molecule has 1 atom stereocenters. The molecule has 0 fully saturated rings. The van der Waals surface area contributed by atoms with Crippen LogP contribution in [0.3, 0.4) is 0 Å². The molecule has 0 radical (unpaired) electrons. The fourth-order valence-corrected chi connectivity index (χ4v) is 1.96. The van der Waals surface area contributed by atoms with Gasteiger partial charge in [0.2, 0.25) is 0 Å². The molecular formula is C12H17F2NOS. The zero-order valence-electron chi connectivity index (χ0n) is 9.79. The summed E-state index contributed by atoms with van der Waals surface area (Å²) < 4.78 is 35.4. The van der Waals surface area contributed by atoms with E-state index in [4.69, 9.17) is 0 Å². The van der Waals surface area contributed by atoms with E-state index in [0.29, 0.717) is 12.3 Å². The molecule has 0 saturated heterocycles. The van der Waals surface area contributed by atoms with Gasteiger partial charge in [0.25, 0.3) is 6.43 Å². The summed E-state index contributed by atoms with van der Waals surface area (Å²) in [5.74, 6) is 0.692. The molecule has 5 heteroatoms. The number of hydrogen-bond acceptors (Lipinski definition) is 2. The van der Waals surface area contributed by atoms with Crippen LogP contribution in [-0.2, 0) is 17.3 Å². The highest BCUT2D eigenvalue weighted by molar-refractivity contribution is 7.84. The fourth-order valence-electron chi connectivity index (χ4n) is 1.41. The number of benzene rings is 1. The van der Waals surface area contributed by atoms with Crippen LogP contribution in [0.5, 0.6) is 0 Å². The van der Waals surface area contributed by atoms with Crippen molar-refractivity contribution in [1.82, 2.24) is 5.32 Å². The van der Waals surface area contributed by atoms with E-state index in [2.05, 4.69) is 5.32 Å². The van der Waals surface area contributed by atoms with Crippen LogP contribution < -0.4 is 5.32 Å². The second-order valence-electron chi connectivity index (χ2n) is 3.85. The minimum Gasteiger partial charge on any atom is -0.313 e. The van der Waals surface area contributed by atoms with Crippen LogP contribution in [0.4, 0.5) is 8.78 Å². The smallest absolute Gasteiger partial charge is 0.263 e. The quantitative estimate of drug-likeness (QED) is 0.764. The highest BCUT2D eigenvalue weighted by atomic mass is 32.2. The van der Waals surface area contributed by atoms with E-state index < -0.39 is 17.2 Å². The third-order valence-corrected chi connectivity index (χ3v) is 3.21. The Morgan fingerprint density at radius 2 is 1.94 bits per heavy atom. The molecule has 2 nitrogen and oxygen atoms in total. The van der Waals surface area contributed by atoms with Crippen molar-refractivity contribution in [3.05, 3.63) is 35.4 Å². The lowest BCUT2D eigenvalue weighted by atomic mass is 10.1. The number of nitrogens with one attached hydrogen (secondary N) is 1. The summed E-state index contributed by atoms with van der Waals surface area (Å²) in [6.07, 6.45) is 0.137. The Kier molecular flexibility index (Phi) is 6.29. The van der Waals surface area contributed by atoms with Gasteiger partial charge in [-0.05, 0) is 18.5 Å². The largest absolute Gasteiger partial charge is 0.313 e. The van der Waals surface area contributed by atoms with E-state index in [1.807, 2.05) is 0 Å². The van der Waals surface area contributed by atoms with Crippen molar-refractivity contribution in [3.63, 3.8) is 0 Å². The van der Waals surface area contributed by atoms with Crippen molar-refractivity contribution in [2.24, 2.45) is 0 Å². The molecule has 17 heavy (non-hydrogen) atoms. The first-order valence-electron chi connectivity index (χ1n) is 5.47. The summed E-state index contributed by atoms with van der Waals surface area (Å²) >= 11 is 0. The molecular weight excluding hydrogens is 244 g/mol. The summed E-state index contributed by atoms with van der Waals surface area (Å²) in [5.41, 5.74) is 1.03. The van der Waals surface area contributed by atoms with Gasteiger partial charge in [0, 0.05) is 34.9 Å². The van der Waals surface area contributed by atoms with Crippen LogP contribution in [0.15, 0.2) is 24.3 Å². The molecule has 0 heterocycles. The Morgan fingerprint density at radius 1 is 1.29 bits per heavy atom. The average molecular weight is 261 g/mol. The summed E-state index contributed by atoms with van der Waals surface area (Å²) in [7, 11) is -0.745. The standard InChI is InChI=1S/C12H17F2NOS/c1-17(16)8-2-7-15-9-10-3-5-11(6-4-10)12(13)14/h3-6,12,15H,2,7-9H2,1H3. The second-order valence-corrected chi connectivity index (χ2v) is 5.40. The predicted octanol–water partition coefficient (Wildman–Crippen LogP) is 2.48. The zero-order valence-corrected chi connectivity index (χ0v) is 10.6. The Balaban J connectivity index is 2.25. The third-order valence-electron chi connectivity index (χ3n) is 2.35. The van der Waals surface area contributed by atoms with Crippen LogP contribution >= 0.6 is 0 Å². The molecule has 0 aliphatic rings. The van der Waals surface area contributed by atoms with Gasteiger partial charge in [0.1, 0.15) is 0 Å². The van der Waals surface area contributed by atoms with Gasteiger partial charge in [0.05, 0.1) is 0 Å². The van der Waals surface area contributed by atoms with Crippen LogP contribution in [0, 0.1) is 0 Å². The molecule has 0 aromatic heterocycles. The maximum atomic E-state index is 12.3. The summed E-state index contributed by atoms with van der Waals surface area (Å²) in [5, 5.41) is 3.18. The Hall–Kier alpha value is -0.810. The maximum absolute atomic E-state index is 12.3. The molecule has 0 aliphatic carbocycles. The molecule has 96 valence electrons. The van der Waals surface area contributed by atoms with Crippen molar-refractivity contribution in [2.45, 2.75) is 19.4 Å². The Bertz CT molecular complexity index is 354. The first-order chi connectivity index (χ1) is 8.09. The Morgan fingerprint density at radius 3 is 2.47 bits per heavy atom. The first-order valence-corrected chi connectivity index (χ1v) is 7.20. The van der Waals surface area contributed by atoms with Crippen molar-refractivity contribution in [2.75, 3.05) is 18.6 Å². The molecule has 1 N–H and O–H groups in total. The van der Waals surface area contributed by atoms with Crippen LogP contribution in [0.2, 0.25) is 0 Å². The lowest BCUT2D eigenvalue weighted by Crippen LogP contribution is -2.16. The second kappa shape index (κ2) is 7.50. The van der Waals surface area contributed by atoms with Crippen LogP contribution in [0.1, 0.15) is 24.0 Å². The lowest BCUT2D eigenvalue weighted by molar-refractivity contribution is 0.151. The van der Waals surface area contributed by atoms with E-state index in [1.54, 1.807) is 18.4 Å². The highest BCUT2D eigenvalue weighted by Crippen LogP contribution is 2.18. The normalized spacial score (nSPS) is 12.9. The predicted molar refractivity (Wildman–Crippen MR) is 66.7 cm³/mol. The molecule has 0 bridgehead atoms. The third kappa shape index (κ3) is 5.89. The topological polar surface area (TPSA) is 29.1 Å². The number of halogens is 2. The van der Waals surface area contributed by atoms with Crippen molar-refractivity contribution >= 4 is 10.8 Å². The molecule has 1 unspecified atom stereocenters. The van der Waals surface area contributed by atoms with Gasteiger partial charge in [-0.15, -0.1) is 0 Å². The molecule has 0 saturated carbocycles. The van der Waals surface area contributed by atoms with Gasteiger partial charge in [-0.1, -0.05) is 24.3 Å². The molecule has 0 amide bonds. The van der Waals surface area contributed by atoms with Gasteiger partial charge >= 0.3 is 0 Å². The molecule has 0 spiro atoms. The van der Waals surface area contributed by atoms with Gasteiger partial charge < -0.3 is 5.32 Å². The van der Waals surface area contributed by atoms with E-state index in [9.17, 15) is 13.0 Å². The van der Waals surface area contributed by atoms with Gasteiger partial charge in [-0.2, -0.15) is 0 Å². The zero-order chi connectivity index (χ0) is 12.7. The SMILES string of the molecule is CS(=O)CCCNCc1ccc(C(F)F)cc1. The van der Waals surface area contributed by atoms with Crippen LogP contribution in [-0.4, -0.2) is 22.8 Å². The summed E-state index contributed by atoms with van der Waals surface area (Å²) in [6, 6.07) is 6.30. The van der Waals surface area contributed by atoms with Gasteiger partial charge in [-0.3, -0.25) is 4.21 Å². The average Bonchev–Trinajstić information content (AvgIpc) is 2.29. The van der Waals surface area contributed by atoms with Crippen molar-refractivity contribution < 1.29 is 13.0 Å². The number of hydrogen-bond donors (Lipinski definition) is 1. The van der Waals surface area contributed by atoms with Gasteiger partial charge in [0.15, 0.2) is 0 Å². The molecule has 1 aromatic carbocycles. The molecule has 1 aromatic rings. The minimum atomic E-state index is -2.41. The van der Waals surface area contributed by atoms with Crippen molar-refractivity contribution in [3.8, 4) is 0 Å². The summed E-state index contributed by atoms with van der Waals surface area (Å²) in [4.78, 5) is 0. The lowest BCUT2D eigenvalue weighted by Gasteiger charge is -2.05. The number of rotatable bonds is 7. The Labute approximate surface area is 103 Å². The van der Waals surface area contributed by atoms with E-state index in [1.165, 1.54) is 12.1 Å². The maximum Gasteiger partial charge on any atom is 0.263 e. The van der Waals surface area contributed by atoms with E-state index in [-0.39, 0.29) is 5.56 Å².